The second-order valence-electron chi connectivity index (χ2n) is 12.3. The number of hydrogen-bond donors (Lipinski definition) is 0. The summed E-state index contributed by atoms with van der Waals surface area (Å²) in [5.41, 5.74) is 13.3. The van der Waals surface area contributed by atoms with Crippen molar-refractivity contribution in [3.05, 3.63) is 182 Å². The molecule has 0 radical (unpaired) electrons. The molecule has 0 amide bonds. The Morgan fingerprint density at radius 1 is 0.370 bits per heavy atom. The quantitative estimate of drug-likeness (QED) is 0.127. The van der Waals surface area contributed by atoms with Crippen molar-refractivity contribution in [3.8, 4) is 67.8 Å². The molecule has 0 saturated carbocycles. The van der Waals surface area contributed by atoms with Crippen LogP contribution in [0.4, 0.5) is 0 Å². The van der Waals surface area contributed by atoms with Crippen LogP contribution in [0, 0.1) is 0 Å². The van der Waals surface area contributed by atoms with Crippen LogP contribution in [0.1, 0.15) is 11.1 Å². The number of benzene rings is 2. The van der Waals surface area contributed by atoms with Crippen molar-refractivity contribution in [1.82, 2.24) is 29.9 Å². The molecule has 0 aliphatic heterocycles. The van der Waals surface area contributed by atoms with E-state index in [4.69, 9.17) is 22.2 Å². The van der Waals surface area contributed by atoms with Gasteiger partial charge in [-0.05, 0) is 106 Å². The molecule has 260 valence electrons. The molecule has 8 aromatic rings. The van der Waals surface area contributed by atoms with Gasteiger partial charge in [0.1, 0.15) is 3.53 Å². The fourth-order valence-electron chi connectivity index (χ4n) is 5.89. The Hall–Kier alpha value is -5.87. The molecule has 0 N–H and O–H groups in total. The highest BCUT2D eigenvalue weighted by atomic mass is 32.2. The summed E-state index contributed by atoms with van der Waals surface area (Å²) in [7, 11) is 0. The first-order valence-corrected chi connectivity index (χ1v) is 19.7. The molecule has 0 aliphatic rings. The molecular formula is C45H32N6S3. The molecule has 9 heteroatoms. The molecule has 6 aromatic heterocycles. The van der Waals surface area contributed by atoms with Gasteiger partial charge in [-0.1, -0.05) is 85.0 Å². The second kappa shape index (κ2) is 16.9. The first kappa shape index (κ1) is 35.2. The minimum Gasteiger partial charge on any atom is -0.255 e. The average Bonchev–Trinajstić information content (AvgIpc) is 3.26. The van der Waals surface area contributed by atoms with Crippen LogP contribution >= 0.6 is 35.7 Å². The standard InChI is InChI=1S/C45H32N6S3/c52-45(53-29-31-13-17-33(18-14-31)35-25-41(37-9-1-5-21-46-37)50-42(26-35)38-10-2-6-22-47-38)54-30-32-15-19-34(20-16-32)36-27-43(39-11-3-7-23-48-39)51-44(28-36)40-12-4-8-24-49-40/h1-28H,29-30H2. The zero-order valence-corrected chi connectivity index (χ0v) is 31.4. The maximum absolute atomic E-state index is 5.79. The number of thiocarbonyl (C=S) groups is 1. The van der Waals surface area contributed by atoms with E-state index in [2.05, 4.69) is 92.7 Å². The summed E-state index contributed by atoms with van der Waals surface area (Å²) in [6, 6.07) is 49.2. The van der Waals surface area contributed by atoms with E-state index in [1.165, 1.54) is 11.1 Å². The third-order valence-electron chi connectivity index (χ3n) is 8.65. The number of rotatable bonds is 10. The Kier molecular flexibility index (Phi) is 11.0. The largest absolute Gasteiger partial charge is 0.255 e. The zero-order chi connectivity index (χ0) is 36.5. The SMILES string of the molecule is S=C(SCc1ccc(-c2cc(-c3ccccn3)nc(-c3ccccn3)c2)cc1)SCc1ccc(-c2cc(-c3ccccn3)nc(-c3ccccn3)c2)cc1. The van der Waals surface area contributed by atoms with Crippen LogP contribution in [0.5, 0.6) is 0 Å². The minimum atomic E-state index is 0.805. The van der Waals surface area contributed by atoms with Crippen LogP contribution in [0.3, 0.4) is 0 Å². The van der Waals surface area contributed by atoms with Crippen molar-refractivity contribution in [2.75, 3.05) is 0 Å². The second-order valence-corrected chi connectivity index (χ2v) is 15.5. The topological polar surface area (TPSA) is 77.3 Å². The molecule has 0 spiro atoms. The molecule has 0 aliphatic carbocycles. The van der Waals surface area contributed by atoms with E-state index in [0.717, 1.165) is 82.8 Å². The molecule has 54 heavy (non-hydrogen) atoms. The number of thioether (sulfide) groups is 2. The number of hydrogen-bond acceptors (Lipinski definition) is 9. The lowest BCUT2D eigenvalue weighted by Gasteiger charge is -2.10. The Bertz CT molecular complexity index is 2190. The van der Waals surface area contributed by atoms with E-state index in [0.29, 0.717) is 0 Å². The highest BCUT2D eigenvalue weighted by molar-refractivity contribution is 8.46. The molecule has 0 fully saturated rings. The maximum atomic E-state index is 5.79. The molecule has 8 rings (SSSR count). The van der Waals surface area contributed by atoms with Crippen LogP contribution in [-0.4, -0.2) is 33.4 Å². The third kappa shape index (κ3) is 8.66. The molecular weight excluding hydrogens is 721 g/mol. The van der Waals surface area contributed by atoms with Gasteiger partial charge in [-0.3, -0.25) is 19.9 Å². The Morgan fingerprint density at radius 3 is 0.963 bits per heavy atom. The van der Waals surface area contributed by atoms with Gasteiger partial charge in [0.15, 0.2) is 0 Å². The predicted molar refractivity (Wildman–Crippen MR) is 227 cm³/mol. The predicted octanol–water partition coefficient (Wildman–Crippen LogP) is 11.5. The van der Waals surface area contributed by atoms with E-state index in [1.54, 1.807) is 48.3 Å². The van der Waals surface area contributed by atoms with Crippen LogP contribution in [0.25, 0.3) is 67.8 Å². The maximum Gasteiger partial charge on any atom is 0.104 e. The summed E-state index contributed by atoms with van der Waals surface area (Å²) < 4.78 is 0.923. The van der Waals surface area contributed by atoms with E-state index < -0.39 is 0 Å². The minimum absolute atomic E-state index is 0.805. The summed E-state index contributed by atoms with van der Waals surface area (Å²) in [5, 5.41) is 0. The molecule has 0 unspecified atom stereocenters. The van der Waals surface area contributed by atoms with Gasteiger partial charge in [0.05, 0.1) is 45.6 Å². The fourth-order valence-corrected chi connectivity index (χ4v) is 7.88. The van der Waals surface area contributed by atoms with Gasteiger partial charge in [0.2, 0.25) is 0 Å². The van der Waals surface area contributed by atoms with Crippen molar-refractivity contribution in [3.63, 3.8) is 0 Å². The first-order chi connectivity index (χ1) is 26.6. The Balaban J connectivity index is 0.910. The van der Waals surface area contributed by atoms with Gasteiger partial charge in [-0.25, -0.2) is 9.97 Å². The average molecular weight is 753 g/mol. The highest BCUT2D eigenvalue weighted by Gasteiger charge is 2.13. The van der Waals surface area contributed by atoms with Crippen LogP contribution < -0.4 is 0 Å². The summed E-state index contributed by atoms with van der Waals surface area (Å²) >= 11 is 9.18. The van der Waals surface area contributed by atoms with Crippen molar-refractivity contribution >= 4 is 39.3 Å². The van der Waals surface area contributed by atoms with E-state index >= 15 is 0 Å². The van der Waals surface area contributed by atoms with Crippen molar-refractivity contribution < 1.29 is 0 Å². The van der Waals surface area contributed by atoms with Gasteiger partial charge in [0, 0.05) is 36.3 Å². The molecule has 2 aromatic carbocycles. The van der Waals surface area contributed by atoms with Gasteiger partial charge in [-0.2, -0.15) is 0 Å². The monoisotopic (exact) mass is 752 g/mol. The summed E-state index contributed by atoms with van der Waals surface area (Å²) in [4.78, 5) is 28.0. The van der Waals surface area contributed by atoms with E-state index in [9.17, 15) is 0 Å². The van der Waals surface area contributed by atoms with Gasteiger partial charge < -0.3 is 0 Å². The lowest BCUT2D eigenvalue weighted by molar-refractivity contribution is 1.22. The smallest absolute Gasteiger partial charge is 0.104 e. The first-order valence-electron chi connectivity index (χ1n) is 17.3. The van der Waals surface area contributed by atoms with E-state index in [-0.39, 0.29) is 0 Å². The summed E-state index contributed by atoms with van der Waals surface area (Å²) in [6.45, 7) is 0. The molecule has 0 saturated heterocycles. The van der Waals surface area contributed by atoms with Crippen molar-refractivity contribution in [1.29, 1.82) is 0 Å². The highest BCUT2D eigenvalue weighted by Crippen LogP contribution is 2.32. The van der Waals surface area contributed by atoms with Gasteiger partial charge in [-0.15, -0.1) is 23.5 Å². The fraction of sp³-hybridized carbons (Fsp3) is 0.0444. The number of pyridine rings is 6. The van der Waals surface area contributed by atoms with Gasteiger partial charge in [0.25, 0.3) is 0 Å². The normalized spacial score (nSPS) is 11.0. The third-order valence-corrected chi connectivity index (χ3v) is 11.5. The van der Waals surface area contributed by atoms with Crippen LogP contribution in [0.2, 0.25) is 0 Å². The van der Waals surface area contributed by atoms with Crippen LogP contribution in [-0.2, 0) is 11.5 Å². The lowest BCUT2D eigenvalue weighted by atomic mass is 10.0. The number of nitrogens with zero attached hydrogens (tertiary/aromatic N) is 6. The summed E-state index contributed by atoms with van der Waals surface area (Å²) in [6.07, 6.45) is 7.16. The van der Waals surface area contributed by atoms with Crippen molar-refractivity contribution in [2.45, 2.75) is 11.5 Å². The van der Waals surface area contributed by atoms with E-state index in [1.807, 2.05) is 72.8 Å². The van der Waals surface area contributed by atoms with Crippen molar-refractivity contribution in [2.24, 2.45) is 0 Å². The molecule has 6 heterocycles. The summed E-state index contributed by atoms with van der Waals surface area (Å²) in [5.74, 6) is 1.61. The molecule has 0 bridgehead atoms. The molecule has 6 nitrogen and oxygen atoms in total. The number of aromatic nitrogens is 6. The van der Waals surface area contributed by atoms with Gasteiger partial charge >= 0.3 is 0 Å². The lowest BCUT2D eigenvalue weighted by Crippen LogP contribution is -1.94. The molecule has 0 atom stereocenters. The van der Waals surface area contributed by atoms with Crippen LogP contribution in [0.15, 0.2) is 170 Å². The zero-order valence-electron chi connectivity index (χ0n) is 29.0. The Labute approximate surface area is 328 Å². The Morgan fingerprint density at radius 2 is 0.685 bits per heavy atom.